The number of nitrogens with one attached hydrogen (secondary N) is 1. The Balaban J connectivity index is 1.60. The van der Waals surface area contributed by atoms with Gasteiger partial charge in [-0.3, -0.25) is 4.79 Å². The molecule has 5 heteroatoms. The van der Waals surface area contributed by atoms with Crippen LogP contribution in [0, 0.1) is 0 Å². The van der Waals surface area contributed by atoms with Crippen LogP contribution in [0.1, 0.15) is 36.0 Å². The van der Waals surface area contributed by atoms with Crippen LogP contribution in [0.2, 0.25) is 0 Å². The van der Waals surface area contributed by atoms with E-state index in [0.29, 0.717) is 24.5 Å². The van der Waals surface area contributed by atoms with E-state index in [9.17, 15) is 4.79 Å². The molecule has 5 nitrogen and oxygen atoms in total. The maximum atomic E-state index is 12.9. The Hall–Kier alpha value is -3.99. The van der Waals surface area contributed by atoms with Crippen molar-refractivity contribution in [3.8, 4) is 11.5 Å². The fourth-order valence-electron chi connectivity index (χ4n) is 4.68. The molecule has 1 atom stereocenters. The quantitative estimate of drug-likeness (QED) is 0.343. The lowest BCUT2D eigenvalue weighted by molar-refractivity contribution is -0.116. The molecule has 0 aliphatic carbocycles. The van der Waals surface area contributed by atoms with Gasteiger partial charge in [-0.15, -0.1) is 0 Å². The fraction of sp³-hybridized carbons (Fsp3) is 0.207. The van der Waals surface area contributed by atoms with Crippen molar-refractivity contribution < 1.29 is 14.3 Å². The highest BCUT2D eigenvalue weighted by molar-refractivity contribution is 6.06. The van der Waals surface area contributed by atoms with E-state index in [-0.39, 0.29) is 11.8 Å². The van der Waals surface area contributed by atoms with Gasteiger partial charge in [0.1, 0.15) is 6.61 Å². The minimum Gasteiger partial charge on any atom is -0.493 e. The summed E-state index contributed by atoms with van der Waals surface area (Å²) < 4.78 is 13.8. The molecular formula is C29H28N2O3. The predicted octanol–water partition coefficient (Wildman–Crippen LogP) is 6.13. The smallest absolute Gasteiger partial charge is 0.225 e. The average molecular weight is 453 g/mol. The first-order chi connectivity index (χ1) is 16.5. The van der Waals surface area contributed by atoms with Gasteiger partial charge in [-0.25, -0.2) is 0 Å². The Morgan fingerprint density at radius 3 is 2.68 bits per heavy atom. The molecule has 3 aromatic carbocycles. The summed E-state index contributed by atoms with van der Waals surface area (Å²) >= 11 is 0. The van der Waals surface area contributed by atoms with Gasteiger partial charge in [-0.05, 0) is 53.5 Å². The minimum atomic E-state index is -0.104. The summed E-state index contributed by atoms with van der Waals surface area (Å²) in [7, 11) is 1.64. The van der Waals surface area contributed by atoms with E-state index in [4.69, 9.17) is 9.47 Å². The minimum absolute atomic E-state index is 0.00452. The second-order valence-electron chi connectivity index (χ2n) is 8.86. The number of hydrogen-bond acceptors (Lipinski definition) is 3. The number of methoxy groups -OCH3 is 1. The topological polar surface area (TPSA) is 52.5 Å². The molecule has 0 bridgehead atoms. The van der Waals surface area contributed by atoms with Crippen LogP contribution in [0.5, 0.6) is 11.5 Å². The molecule has 1 aliphatic heterocycles. The van der Waals surface area contributed by atoms with Gasteiger partial charge in [0.15, 0.2) is 11.5 Å². The molecule has 1 amide bonds. The molecule has 0 saturated carbocycles. The van der Waals surface area contributed by atoms with Crippen molar-refractivity contribution in [3.05, 3.63) is 102 Å². The monoisotopic (exact) mass is 452 g/mol. The summed E-state index contributed by atoms with van der Waals surface area (Å²) in [4.78, 5) is 12.9. The number of hydrogen-bond donors (Lipinski definition) is 1. The predicted molar refractivity (Wildman–Crippen MR) is 136 cm³/mol. The zero-order valence-corrected chi connectivity index (χ0v) is 19.5. The first-order valence-electron chi connectivity index (χ1n) is 11.4. The van der Waals surface area contributed by atoms with Gasteiger partial charge in [0.25, 0.3) is 0 Å². The molecule has 0 fully saturated rings. The second kappa shape index (κ2) is 9.10. The molecule has 1 aliphatic rings. The number of nitrogens with zero attached hydrogens (tertiary/aromatic N) is 1. The number of ether oxygens (including phenoxy) is 2. The van der Waals surface area contributed by atoms with Crippen molar-refractivity contribution >= 4 is 22.5 Å². The molecule has 4 aromatic rings. The molecule has 0 saturated heterocycles. The third-order valence-corrected chi connectivity index (χ3v) is 6.23. The largest absolute Gasteiger partial charge is 0.493 e. The van der Waals surface area contributed by atoms with Gasteiger partial charge in [0.2, 0.25) is 5.91 Å². The number of benzene rings is 3. The van der Waals surface area contributed by atoms with E-state index in [1.807, 2.05) is 43.3 Å². The standard InChI is InChI=1S/C29H28N2O3/c1-19(2)18-34-26-13-12-21(14-27(26)33-3)22-15-28(32)30-24-10-7-11-25-29(24)23(22)17-31(25)16-20-8-5-4-6-9-20/h4-14,17,22H,1,15-16,18H2,2-3H3,(H,30,32)/t22-/m1/s1. The Morgan fingerprint density at radius 2 is 1.91 bits per heavy atom. The Labute approximate surface area is 199 Å². The highest BCUT2D eigenvalue weighted by atomic mass is 16.5. The second-order valence-corrected chi connectivity index (χ2v) is 8.86. The van der Waals surface area contributed by atoms with Crippen LogP contribution in [0.4, 0.5) is 5.69 Å². The maximum absolute atomic E-state index is 12.9. The molecule has 172 valence electrons. The summed E-state index contributed by atoms with van der Waals surface area (Å²) in [6.45, 7) is 7.01. The zero-order chi connectivity index (χ0) is 23.7. The van der Waals surface area contributed by atoms with Crippen molar-refractivity contribution in [2.24, 2.45) is 0 Å². The molecule has 1 aromatic heterocycles. The Bertz CT molecular complexity index is 1370. The van der Waals surface area contributed by atoms with E-state index < -0.39 is 0 Å². The number of aromatic nitrogens is 1. The average Bonchev–Trinajstić information content (AvgIpc) is 3.13. The SMILES string of the molecule is C=C(C)COc1ccc([C@H]2CC(=O)Nc3cccc4c3c2cn4Cc2ccccc2)cc1OC. The van der Waals surface area contributed by atoms with Crippen LogP contribution in [-0.2, 0) is 11.3 Å². The summed E-state index contributed by atoms with van der Waals surface area (Å²) in [6, 6.07) is 22.5. The fourth-order valence-corrected chi connectivity index (χ4v) is 4.68. The zero-order valence-electron chi connectivity index (χ0n) is 19.5. The van der Waals surface area contributed by atoms with Gasteiger partial charge < -0.3 is 19.4 Å². The molecule has 5 rings (SSSR count). The number of anilines is 1. The summed E-state index contributed by atoms with van der Waals surface area (Å²) in [5, 5.41) is 4.21. The van der Waals surface area contributed by atoms with Gasteiger partial charge >= 0.3 is 0 Å². The molecule has 1 N–H and O–H groups in total. The van der Waals surface area contributed by atoms with Crippen LogP contribution >= 0.6 is 0 Å². The number of rotatable bonds is 7. The van der Waals surface area contributed by atoms with E-state index in [1.54, 1.807) is 7.11 Å². The van der Waals surface area contributed by atoms with Crippen LogP contribution in [0.15, 0.2) is 85.1 Å². The number of amides is 1. The van der Waals surface area contributed by atoms with Crippen molar-refractivity contribution in [1.82, 2.24) is 4.57 Å². The highest BCUT2D eigenvalue weighted by Crippen LogP contribution is 2.42. The third-order valence-electron chi connectivity index (χ3n) is 6.23. The molecule has 0 unspecified atom stereocenters. The lowest BCUT2D eigenvalue weighted by Crippen LogP contribution is -2.14. The molecule has 0 radical (unpaired) electrons. The number of carbonyl (C=O) groups excluding carboxylic acids is 1. The first kappa shape index (κ1) is 21.8. The van der Waals surface area contributed by atoms with Gasteiger partial charge in [-0.1, -0.05) is 49.0 Å². The van der Waals surface area contributed by atoms with Crippen molar-refractivity contribution in [1.29, 1.82) is 0 Å². The first-order valence-corrected chi connectivity index (χ1v) is 11.4. The van der Waals surface area contributed by atoms with E-state index in [1.165, 1.54) is 5.56 Å². The van der Waals surface area contributed by atoms with E-state index in [2.05, 4.69) is 53.0 Å². The maximum Gasteiger partial charge on any atom is 0.225 e. The van der Waals surface area contributed by atoms with Crippen LogP contribution in [-0.4, -0.2) is 24.2 Å². The Kier molecular flexibility index (Phi) is 5.84. The van der Waals surface area contributed by atoms with Crippen LogP contribution in [0.25, 0.3) is 10.9 Å². The van der Waals surface area contributed by atoms with Crippen molar-refractivity contribution in [3.63, 3.8) is 0 Å². The lowest BCUT2D eigenvalue weighted by Gasteiger charge is -2.17. The normalized spacial score (nSPS) is 15.0. The number of carbonyl (C=O) groups is 1. The molecule has 2 heterocycles. The lowest BCUT2D eigenvalue weighted by atomic mass is 9.88. The molecular weight excluding hydrogens is 424 g/mol. The third kappa shape index (κ3) is 4.17. The summed E-state index contributed by atoms with van der Waals surface area (Å²) in [5.74, 6) is 1.22. The van der Waals surface area contributed by atoms with E-state index in [0.717, 1.165) is 39.8 Å². The highest BCUT2D eigenvalue weighted by Gasteiger charge is 2.28. The summed E-state index contributed by atoms with van der Waals surface area (Å²) in [5.41, 5.74) is 6.29. The van der Waals surface area contributed by atoms with E-state index >= 15 is 0 Å². The summed E-state index contributed by atoms with van der Waals surface area (Å²) in [6.07, 6.45) is 2.55. The van der Waals surface area contributed by atoms with Crippen molar-refractivity contribution in [2.75, 3.05) is 19.0 Å². The van der Waals surface area contributed by atoms with Crippen LogP contribution in [0.3, 0.4) is 0 Å². The van der Waals surface area contributed by atoms with Crippen molar-refractivity contribution in [2.45, 2.75) is 25.8 Å². The Morgan fingerprint density at radius 1 is 1.09 bits per heavy atom. The molecule has 34 heavy (non-hydrogen) atoms. The van der Waals surface area contributed by atoms with Gasteiger partial charge in [0, 0.05) is 30.5 Å². The van der Waals surface area contributed by atoms with Gasteiger partial charge in [-0.2, -0.15) is 0 Å². The van der Waals surface area contributed by atoms with Crippen LogP contribution < -0.4 is 14.8 Å². The molecule has 0 spiro atoms. The van der Waals surface area contributed by atoms with Gasteiger partial charge in [0.05, 0.1) is 18.3 Å².